The molecule has 3 rings (SSSR count). The van der Waals surface area contributed by atoms with E-state index in [0.717, 1.165) is 27.6 Å². The van der Waals surface area contributed by atoms with Gasteiger partial charge in [-0.2, -0.15) is 0 Å². The standard InChI is InChI=1S/C16H13BrN2/c17-14-7-2-1-5-12(14)11-19-16-9-3-8-15-13(16)6-4-10-18-15/h1-10,19H,11H2. The number of aromatic nitrogens is 1. The minimum atomic E-state index is 0.787. The molecule has 0 aliphatic heterocycles. The summed E-state index contributed by atoms with van der Waals surface area (Å²) in [6, 6.07) is 18.4. The summed E-state index contributed by atoms with van der Waals surface area (Å²) in [5, 5.41) is 4.62. The maximum Gasteiger partial charge on any atom is 0.0722 e. The fourth-order valence-corrected chi connectivity index (χ4v) is 2.51. The molecule has 0 saturated heterocycles. The number of anilines is 1. The number of fused-ring (bicyclic) bond motifs is 1. The molecular formula is C16H13BrN2. The third-order valence-corrected chi connectivity index (χ3v) is 3.85. The summed E-state index contributed by atoms with van der Waals surface area (Å²) in [6.07, 6.45) is 1.82. The monoisotopic (exact) mass is 312 g/mol. The molecule has 0 saturated carbocycles. The Morgan fingerprint density at radius 3 is 2.74 bits per heavy atom. The van der Waals surface area contributed by atoms with E-state index in [-0.39, 0.29) is 0 Å². The van der Waals surface area contributed by atoms with Crippen molar-refractivity contribution in [3.8, 4) is 0 Å². The molecule has 1 heterocycles. The van der Waals surface area contributed by atoms with E-state index in [1.54, 1.807) is 0 Å². The molecule has 94 valence electrons. The predicted molar refractivity (Wildman–Crippen MR) is 83.2 cm³/mol. The Kier molecular flexibility index (Phi) is 3.47. The summed E-state index contributed by atoms with van der Waals surface area (Å²) in [6.45, 7) is 0.787. The minimum Gasteiger partial charge on any atom is -0.380 e. The number of rotatable bonds is 3. The lowest BCUT2D eigenvalue weighted by Crippen LogP contribution is -2.00. The number of halogens is 1. The Hall–Kier alpha value is -1.87. The molecule has 0 fully saturated rings. The maximum absolute atomic E-state index is 4.37. The Morgan fingerprint density at radius 2 is 1.84 bits per heavy atom. The second kappa shape index (κ2) is 5.41. The van der Waals surface area contributed by atoms with Crippen molar-refractivity contribution in [1.82, 2.24) is 4.98 Å². The second-order valence-corrected chi connectivity index (χ2v) is 5.17. The Labute approximate surface area is 120 Å². The molecular weight excluding hydrogens is 300 g/mol. The van der Waals surface area contributed by atoms with Crippen LogP contribution < -0.4 is 5.32 Å². The average molecular weight is 313 g/mol. The van der Waals surface area contributed by atoms with Crippen molar-refractivity contribution < 1.29 is 0 Å². The third kappa shape index (κ3) is 2.61. The molecule has 0 aliphatic rings. The smallest absolute Gasteiger partial charge is 0.0722 e. The summed E-state index contributed by atoms with van der Waals surface area (Å²) < 4.78 is 1.13. The van der Waals surface area contributed by atoms with Crippen LogP contribution in [0.2, 0.25) is 0 Å². The van der Waals surface area contributed by atoms with Crippen LogP contribution in [0, 0.1) is 0 Å². The van der Waals surface area contributed by atoms with Gasteiger partial charge < -0.3 is 5.32 Å². The van der Waals surface area contributed by atoms with Gasteiger partial charge in [-0.25, -0.2) is 0 Å². The summed E-state index contributed by atoms with van der Waals surface area (Å²) >= 11 is 3.57. The first-order chi connectivity index (χ1) is 9.34. The van der Waals surface area contributed by atoms with Crippen molar-refractivity contribution in [2.24, 2.45) is 0 Å². The molecule has 19 heavy (non-hydrogen) atoms. The molecule has 0 amide bonds. The maximum atomic E-state index is 4.37. The zero-order valence-corrected chi connectivity index (χ0v) is 11.9. The van der Waals surface area contributed by atoms with Gasteiger partial charge in [0, 0.05) is 28.3 Å². The van der Waals surface area contributed by atoms with Crippen LogP contribution in [-0.2, 0) is 6.54 Å². The molecule has 1 aromatic heterocycles. The van der Waals surface area contributed by atoms with Crippen LogP contribution in [0.1, 0.15) is 5.56 Å². The highest BCUT2D eigenvalue weighted by Gasteiger charge is 2.02. The largest absolute Gasteiger partial charge is 0.380 e. The van der Waals surface area contributed by atoms with Crippen molar-refractivity contribution in [3.05, 3.63) is 70.8 Å². The highest BCUT2D eigenvalue weighted by Crippen LogP contribution is 2.23. The van der Waals surface area contributed by atoms with E-state index in [1.165, 1.54) is 5.56 Å². The van der Waals surface area contributed by atoms with Crippen LogP contribution in [0.4, 0.5) is 5.69 Å². The fourth-order valence-electron chi connectivity index (χ4n) is 2.09. The summed E-state index contributed by atoms with van der Waals surface area (Å²) in [4.78, 5) is 4.37. The highest BCUT2D eigenvalue weighted by atomic mass is 79.9. The lowest BCUT2D eigenvalue weighted by atomic mass is 10.1. The molecule has 1 N–H and O–H groups in total. The number of hydrogen-bond donors (Lipinski definition) is 1. The van der Waals surface area contributed by atoms with Crippen LogP contribution in [0.3, 0.4) is 0 Å². The quantitative estimate of drug-likeness (QED) is 0.764. The third-order valence-electron chi connectivity index (χ3n) is 3.07. The van der Waals surface area contributed by atoms with E-state index in [0.29, 0.717) is 0 Å². The van der Waals surface area contributed by atoms with E-state index in [4.69, 9.17) is 0 Å². The van der Waals surface area contributed by atoms with Gasteiger partial charge in [-0.1, -0.05) is 40.2 Å². The number of benzene rings is 2. The van der Waals surface area contributed by atoms with Gasteiger partial charge in [0.1, 0.15) is 0 Å². The van der Waals surface area contributed by atoms with Crippen LogP contribution in [-0.4, -0.2) is 4.98 Å². The lowest BCUT2D eigenvalue weighted by Gasteiger charge is -2.10. The average Bonchev–Trinajstić information content (AvgIpc) is 2.46. The van der Waals surface area contributed by atoms with Gasteiger partial charge in [0.2, 0.25) is 0 Å². The first-order valence-electron chi connectivity index (χ1n) is 6.15. The van der Waals surface area contributed by atoms with E-state index >= 15 is 0 Å². The van der Waals surface area contributed by atoms with Gasteiger partial charge in [-0.15, -0.1) is 0 Å². The zero-order valence-electron chi connectivity index (χ0n) is 10.3. The Balaban J connectivity index is 1.88. The van der Waals surface area contributed by atoms with E-state index in [2.05, 4.69) is 50.5 Å². The normalized spacial score (nSPS) is 10.6. The van der Waals surface area contributed by atoms with Crippen molar-refractivity contribution in [3.63, 3.8) is 0 Å². The molecule has 0 unspecified atom stereocenters. The van der Waals surface area contributed by atoms with E-state index < -0.39 is 0 Å². The molecule has 2 nitrogen and oxygen atoms in total. The van der Waals surface area contributed by atoms with Crippen molar-refractivity contribution in [2.45, 2.75) is 6.54 Å². The van der Waals surface area contributed by atoms with Crippen molar-refractivity contribution >= 4 is 32.5 Å². The number of nitrogens with zero attached hydrogens (tertiary/aromatic N) is 1. The predicted octanol–water partition coefficient (Wildman–Crippen LogP) is 4.61. The van der Waals surface area contributed by atoms with E-state index in [1.807, 2.05) is 36.5 Å². The fraction of sp³-hybridized carbons (Fsp3) is 0.0625. The molecule has 0 aliphatic carbocycles. The van der Waals surface area contributed by atoms with E-state index in [9.17, 15) is 0 Å². The van der Waals surface area contributed by atoms with Crippen LogP contribution in [0.25, 0.3) is 10.9 Å². The van der Waals surface area contributed by atoms with Crippen molar-refractivity contribution in [2.75, 3.05) is 5.32 Å². The summed E-state index contributed by atoms with van der Waals surface area (Å²) in [5.41, 5.74) is 3.37. The SMILES string of the molecule is Brc1ccccc1CNc1cccc2ncccc12. The van der Waals surface area contributed by atoms with Gasteiger partial charge in [-0.05, 0) is 35.9 Å². The molecule has 0 atom stereocenters. The molecule has 0 spiro atoms. The molecule has 0 bridgehead atoms. The van der Waals surface area contributed by atoms with Gasteiger partial charge in [-0.3, -0.25) is 4.98 Å². The minimum absolute atomic E-state index is 0.787. The topological polar surface area (TPSA) is 24.9 Å². The van der Waals surface area contributed by atoms with Gasteiger partial charge in [0.05, 0.1) is 5.52 Å². The summed E-state index contributed by atoms with van der Waals surface area (Å²) in [5.74, 6) is 0. The second-order valence-electron chi connectivity index (χ2n) is 4.32. The number of nitrogens with one attached hydrogen (secondary N) is 1. The molecule has 0 radical (unpaired) electrons. The van der Waals surface area contributed by atoms with Gasteiger partial charge >= 0.3 is 0 Å². The first-order valence-corrected chi connectivity index (χ1v) is 6.95. The van der Waals surface area contributed by atoms with Crippen LogP contribution >= 0.6 is 15.9 Å². The van der Waals surface area contributed by atoms with Crippen LogP contribution in [0.15, 0.2) is 65.3 Å². The summed E-state index contributed by atoms with van der Waals surface area (Å²) in [7, 11) is 0. The highest BCUT2D eigenvalue weighted by molar-refractivity contribution is 9.10. The zero-order chi connectivity index (χ0) is 13.1. The molecule has 3 aromatic rings. The van der Waals surface area contributed by atoms with Crippen LogP contribution in [0.5, 0.6) is 0 Å². The molecule has 2 aromatic carbocycles. The molecule has 3 heteroatoms. The lowest BCUT2D eigenvalue weighted by molar-refractivity contribution is 1.14. The van der Waals surface area contributed by atoms with Gasteiger partial charge in [0.25, 0.3) is 0 Å². The van der Waals surface area contributed by atoms with Crippen molar-refractivity contribution in [1.29, 1.82) is 0 Å². The number of pyridine rings is 1. The Morgan fingerprint density at radius 1 is 0.947 bits per heavy atom. The Bertz CT molecular complexity index is 704. The first kappa shape index (κ1) is 12.2. The number of hydrogen-bond acceptors (Lipinski definition) is 2. The van der Waals surface area contributed by atoms with Gasteiger partial charge in [0.15, 0.2) is 0 Å².